The van der Waals surface area contributed by atoms with Gasteiger partial charge in [-0.3, -0.25) is 19.2 Å². The molecule has 10 heteroatoms. The molecule has 3 aromatic carbocycles. The molecule has 0 aromatic heterocycles. The highest BCUT2D eigenvalue weighted by Gasteiger charge is 2.29. The Kier molecular flexibility index (Phi) is 6.23. The second-order valence-electron chi connectivity index (χ2n) is 8.51. The van der Waals surface area contributed by atoms with Crippen molar-refractivity contribution in [2.75, 3.05) is 31.9 Å². The van der Waals surface area contributed by atoms with Gasteiger partial charge in [0.25, 0.3) is 0 Å². The lowest BCUT2D eigenvalue weighted by molar-refractivity contribution is -0.122. The summed E-state index contributed by atoms with van der Waals surface area (Å²) >= 11 is 0. The molecule has 0 unspecified atom stereocenters. The summed E-state index contributed by atoms with van der Waals surface area (Å²) in [5.41, 5.74) is 3.59. The van der Waals surface area contributed by atoms with Gasteiger partial charge in [0.15, 0.2) is 0 Å². The first-order valence-corrected chi connectivity index (χ1v) is 11.5. The number of carbonyl (C=O) groups is 4. The average molecular weight is 485 g/mol. The number of hydrogen-bond acceptors (Lipinski definition) is 6. The first kappa shape index (κ1) is 22.9. The minimum absolute atomic E-state index is 0.103. The minimum Gasteiger partial charge on any atom is -0.372 e. The number of rotatable bonds is 6. The van der Waals surface area contributed by atoms with E-state index in [0.717, 1.165) is 11.4 Å². The molecule has 0 saturated heterocycles. The highest BCUT2D eigenvalue weighted by atomic mass is 16.2. The van der Waals surface area contributed by atoms with Crippen LogP contribution < -0.4 is 31.9 Å². The molecule has 2 atom stereocenters. The van der Waals surface area contributed by atoms with E-state index in [2.05, 4.69) is 31.9 Å². The van der Waals surface area contributed by atoms with Crippen molar-refractivity contribution in [3.05, 3.63) is 72.8 Å². The Bertz CT molecular complexity index is 1260. The maximum Gasteiger partial charge on any atom is 0.247 e. The van der Waals surface area contributed by atoms with Crippen molar-refractivity contribution in [2.45, 2.75) is 24.9 Å². The van der Waals surface area contributed by atoms with Crippen molar-refractivity contribution >= 4 is 57.8 Å². The number of benzene rings is 3. The van der Waals surface area contributed by atoms with E-state index >= 15 is 0 Å². The monoisotopic (exact) mass is 484 g/mol. The first-order chi connectivity index (χ1) is 17.5. The van der Waals surface area contributed by atoms with Crippen LogP contribution in [-0.2, 0) is 19.2 Å². The van der Waals surface area contributed by atoms with Crippen molar-refractivity contribution in [1.29, 1.82) is 0 Å². The molecule has 0 radical (unpaired) electrons. The number of carbonyl (C=O) groups excluding carboxylic acids is 4. The molecular weight excluding hydrogens is 460 g/mol. The van der Waals surface area contributed by atoms with Crippen LogP contribution in [0.2, 0.25) is 0 Å². The van der Waals surface area contributed by atoms with E-state index in [4.69, 9.17) is 0 Å². The molecule has 4 amide bonds. The molecule has 0 spiro atoms. The molecule has 0 bridgehead atoms. The Morgan fingerprint density at radius 1 is 0.583 bits per heavy atom. The minimum atomic E-state index is -0.736. The number of fused-ring (bicyclic) bond motifs is 2. The molecule has 6 N–H and O–H groups in total. The van der Waals surface area contributed by atoms with E-state index in [9.17, 15) is 19.2 Å². The summed E-state index contributed by atoms with van der Waals surface area (Å²) in [7, 11) is 0. The van der Waals surface area contributed by atoms with Gasteiger partial charge in [0.05, 0.1) is 47.0 Å². The molecule has 2 heterocycles. The Labute approximate surface area is 206 Å². The summed E-state index contributed by atoms with van der Waals surface area (Å²) in [6.45, 7) is 0. The van der Waals surface area contributed by atoms with Gasteiger partial charge in [0.1, 0.15) is 12.1 Å². The number of amides is 4. The fourth-order valence-corrected chi connectivity index (χ4v) is 4.14. The van der Waals surface area contributed by atoms with Gasteiger partial charge in [0.2, 0.25) is 23.6 Å². The Morgan fingerprint density at radius 3 is 1.36 bits per heavy atom. The summed E-state index contributed by atoms with van der Waals surface area (Å²) in [4.78, 5) is 50.3. The maximum atomic E-state index is 12.7. The zero-order chi connectivity index (χ0) is 25.1. The molecule has 36 heavy (non-hydrogen) atoms. The fraction of sp³-hybridized carbons (Fsp3) is 0.154. The third kappa shape index (κ3) is 4.97. The van der Waals surface area contributed by atoms with Crippen LogP contribution in [0.25, 0.3) is 0 Å². The van der Waals surface area contributed by atoms with Crippen molar-refractivity contribution in [3.8, 4) is 0 Å². The van der Waals surface area contributed by atoms with Gasteiger partial charge >= 0.3 is 0 Å². The van der Waals surface area contributed by atoms with Crippen LogP contribution >= 0.6 is 0 Å². The van der Waals surface area contributed by atoms with Crippen molar-refractivity contribution in [1.82, 2.24) is 0 Å². The molecular formula is C26H24N6O4. The molecule has 3 aromatic rings. The molecule has 2 aliphatic heterocycles. The average Bonchev–Trinajstić information content (AvgIpc) is 2.86. The quantitative estimate of drug-likeness (QED) is 0.317. The molecule has 182 valence electrons. The second kappa shape index (κ2) is 9.79. The number of anilines is 6. The molecule has 10 nitrogen and oxygen atoms in total. The van der Waals surface area contributed by atoms with E-state index < -0.39 is 23.9 Å². The molecule has 0 aliphatic carbocycles. The number of nitrogens with one attached hydrogen (secondary N) is 6. The van der Waals surface area contributed by atoms with Gasteiger partial charge in [-0.15, -0.1) is 0 Å². The predicted molar refractivity (Wildman–Crippen MR) is 138 cm³/mol. The van der Waals surface area contributed by atoms with Gasteiger partial charge in [-0.1, -0.05) is 36.4 Å². The third-order valence-electron chi connectivity index (χ3n) is 5.92. The van der Waals surface area contributed by atoms with Crippen molar-refractivity contribution < 1.29 is 19.2 Å². The highest BCUT2D eigenvalue weighted by Crippen LogP contribution is 2.29. The van der Waals surface area contributed by atoms with E-state index in [0.29, 0.717) is 22.7 Å². The van der Waals surface area contributed by atoms with Crippen LogP contribution in [0.15, 0.2) is 72.8 Å². The largest absolute Gasteiger partial charge is 0.372 e. The van der Waals surface area contributed by atoms with Crippen LogP contribution in [-0.4, -0.2) is 35.7 Å². The Morgan fingerprint density at radius 2 is 0.944 bits per heavy atom. The van der Waals surface area contributed by atoms with Crippen LogP contribution in [0.1, 0.15) is 12.8 Å². The van der Waals surface area contributed by atoms with Crippen LogP contribution in [0.4, 0.5) is 34.1 Å². The lowest BCUT2D eigenvalue weighted by atomic mass is 10.1. The summed E-state index contributed by atoms with van der Waals surface area (Å²) in [6.07, 6.45) is -0.206. The fourth-order valence-electron chi connectivity index (χ4n) is 4.14. The lowest BCUT2D eigenvalue weighted by Gasteiger charge is -2.27. The molecule has 0 fully saturated rings. The number of para-hydroxylation sites is 6. The smallest absolute Gasteiger partial charge is 0.247 e. The van der Waals surface area contributed by atoms with Gasteiger partial charge in [-0.25, -0.2) is 0 Å². The van der Waals surface area contributed by atoms with Gasteiger partial charge < -0.3 is 31.9 Å². The van der Waals surface area contributed by atoms with Gasteiger partial charge in [-0.05, 0) is 36.4 Å². The zero-order valence-electron chi connectivity index (χ0n) is 19.1. The van der Waals surface area contributed by atoms with E-state index in [1.165, 1.54) is 0 Å². The predicted octanol–water partition coefficient (Wildman–Crippen LogP) is 3.21. The highest BCUT2D eigenvalue weighted by molar-refractivity contribution is 6.08. The Balaban J connectivity index is 1.20. The topological polar surface area (TPSA) is 140 Å². The second-order valence-corrected chi connectivity index (χ2v) is 8.51. The zero-order valence-corrected chi connectivity index (χ0v) is 19.1. The summed E-state index contributed by atoms with van der Waals surface area (Å²) in [6, 6.07) is 19.8. The van der Waals surface area contributed by atoms with Crippen molar-refractivity contribution in [2.24, 2.45) is 0 Å². The summed E-state index contributed by atoms with van der Waals surface area (Å²) in [5.74, 6) is -1.39. The van der Waals surface area contributed by atoms with E-state index in [-0.39, 0.29) is 24.7 Å². The standard InChI is InChI=1S/C26H24N6O4/c33-23(13-21-25(35)31-19-11-5-1-7-15(19)27-21)29-17-9-3-4-10-18(17)30-24(34)14-22-26(36)32-20-12-6-2-8-16(20)28-22/h1-12,21-22,27-28H,13-14H2,(H,29,33)(H,30,34)(H,31,35)(H,32,36)/t21-,22-/m1/s1. The van der Waals surface area contributed by atoms with E-state index in [1.54, 1.807) is 36.4 Å². The summed E-state index contributed by atoms with van der Waals surface area (Å²) in [5, 5.41) is 17.3. The maximum absolute atomic E-state index is 12.7. The van der Waals surface area contributed by atoms with Crippen LogP contribution in [0.5, 0.6) is 0 Å². The normalized spacial score (nSPS) is 17.8. The molecule has 5 rings (SSSR count). The molecule has 2 aliphatic rings. The lowest BCUT2D eigenvalue weighted by Crippen LogP contribution is -2.41. The van der Waals surface area contributed by atoms with Gasteiger partial charge in [0, 0.05) is 0 Å². The third-order valence-corrected chi connectivity index (χ3v) is 5.92. The van der Waals surface area contributed by atoms with E-state index in [1.807, 2.05) is 36.4 Å². The SMILES string of the molecule is O=C(C[C@H]1Nc2ccccc2NC1=O)Nc1ccccc1NC(=O)C[C@H]1Nc2ccccc2NC1=O. The van der Waals surface area contributed by atoms with Crippen LogP contribution in [0.3, 0.4) is 0 Å². The van der Waals surface area contributed by atoms with Crippen molar-refractivity contribution in [3.63, 3.8) is 0 Å². The summed E-state index contributed by atoms with van der Waals surface area (Å²) < 4.78 is 0. The number of hydrogen-bond donors (Lipinski definition) is 6. The van der Waals surface area contributed by atoms with Crippen LogP contribution in [0, 0.1) is 0 Å². The Hall–Kier alpha value is -4.86. The van der Waals surface area contributed by atoms with Gasteiger partial charge in [-0.2, -0.15) is 0 Å². The first-order valence-electron chi connectivity index (χ1n) is 11.5. The molecule has 0 saturated carbocycles.